The molecule has 0 saturated heterocycles. The van der Waals surface area contributed by atoms with Crippen LogP contribution in [0.5, 0.6) is 0 Å². The van der Waals surface area contributed by atoms with Crippen molar-refractivity contribution in [3.05, 3.63) is 22.5 Å². The molecule has 8 nitrogen and oxygen atoms in total. The maximum atomic E-state index is 10.4. The first-order chi connectivity index (χ1) is 8.04. The van der Waals surface area contributed by atoms with Crippen molar-refractivity contribution in [3.63, 3.8) is 0 Å². The summed E-state index contributed by atoms with van der Waals surface area (Å²) in [4.78, 5) is 29.5. The fourth-order valence-corrected chi connectivity index (χ4v) is 1.20. The molecule has 0 spiro atoms. The number of aliphatic carboxylic acids is 1. The molecule has 0 amide bonds. The third kappa shape index (κ3) is 3.67. The zero-order chi connectivity index (χ0) is 12.8. The average Bonchev–Trinajstić information content (AvgIpc) is 2.30. The molecule has 1 heterocycles. The lowest BCUT2D eigenvalue weighted by atomic mass is 10.4. The smallest absolute Gasteiger partial charge is 0.305 e. The number of carbonyl (C=O) groups is 1. The highest BCUT2D eigenvalue weighted by atomic mass is 16.6. The first-order valence-corrected chi connectivity index (χ1v) is 4.97. The van der Waals surface area contributed by atoms with E-state index in [4.69, 9.17) is 5.11 Å². The van der Waals surface area contributed by atoms with Crippen molar-refractivity contribution in [1.29, 1.82) is 0 Å². The molecule has 0 saturated carbocycles. The molecule has 92 valence electrons. The second-order valence-corrected chi connectivity index (χ2v) is 3.22. The second-order valence-electron chi connectivity index (χ2n) is 3.22. The number of rotatable bonds is 6. The van der Waals surface area contributed by atoms with E-state index in [2.05, 4.69) is 9.97 Å². The number of aromatic nitrogens is 2. The molecule has 8 heteroatoms. The van der Waals surface area contributed by atoms with Crippen LogP contribution >= 0.6 is 0 Å². The molecule has 1 aromatic rings. The highest BCUT2D eigenvalue weighted by Gasteiger charge is 2.12. The summed E-state index contributed by atoms with van der Waals surface area (Å²) in [5.41, 5.74) is -0.192. The van der Waals surface area contributed by atoms with E-state index >= 15 is 0 Å². The van der Waals surface area contributed by atoms with Gasteiger partial charge in [-0.05, 0) is 6.92 Å². The highest BCUT2D eigenvalue weighted by Crippen LogP contribution is 2.11. The van der Waals surface area contributed by atoms with Crippen molar-refractivity contribution in [2.45, 2.75) is 13.3 Å². The molecule has 17 heavy (non-hydrogen) atoms. The Morgan fingerprint density at radius 3 is 2.53 bits per heavy atom. The summed E-state index contributed by atoms with van der Waals surface area (Å²) < 4.78 is 0. The highest BCUT2D eigenvalue weighted by molar-refractivity contribution is 5.67. The molecular weight excluding hydrogens is 228 g/mol. The molecule has 0 aliphatic rings. The van der Waals surface area contributed by atoms with Crippen LogP contribution in [0.25, 0.3) is 0 Å². The molecule has 1 N–H and O–H groups in total. The first-order valence-electron chi connectivity index (χ1n) is 4.97. The summed E-state index contributed by atoms with van der Waals surface area (Å²) in [6, 6.07) is 0. The quantitative estimate of drug-likeness (QED) is 0.575. The molecule has 0 unspecified atom stereocenters. The predicted octanol–water partition coefficient (Wildman–Crippen LogP) is 0.686. The molecule has 0 aliphatic carbocycles. The Hall–Kier alpha value is -2.25. The van der Waals surface area contributed by atoms with E-state index in [1.165, 1.54) is 0 Å². The summed E-state index contributed by atoms with van der Waals surface area (Å²) in [7, 11) is 0. The number of hydrogen-bond acceptors (Lipinski definition) is 6. The summed E-state index contributed by atoms with van der Waals surface area (Å²) in [5, 5.41) is 19.0. The van der Waals surface area contributed by atoms with Crippen LogP contribution in [0.15, 0.2) is 12.4 Å². The monoisotopic (exact) mass is 240 g/mol. The van der Waals surface area contributed by atoms with Gasteiger partial charge in [0.15, 0.2) is 0 Å². The van der Waals surface area contributed by atoms with Gasteiger partial charge in [0.25, 0.3) is 0 Å². The van der Waals surface area contributed by atoms with E-state index in [0.717, 1.165) is 12.4 Å². The van der Waals surface area contributed by atoms with Crippen molar-refractivity contribution in [2.75, 3.05) is 18.0 Å². The second kappa shape index (κ2) is 5.73. The molecule has 0 radical (unpaired) electrons. The van der Waals surface area contributed by atoms with Gasteiger partial charge < -0.3 is 10.0 Å². The number of carboxylic acid groups (broad SMARTS) is 1. The van der Waals surface area contributed by atoms with E-state index < -0.39 is 10.9 Å². The van der Waals surface area contributed by atoms with Gasteiger partial charge in [-0.1, -0.05) is 0 Å². The fraction of sp³-hybridized carbons (Fsp3) is 0.444. The SMILES string of the molecule is CCN(CCC(=O)O)c1ncc([N+](=O)[O-])cn1. The average molecular weight is 240 g/mol. The van der Waals surface area contributed by atoms with Gasteiger partial charge >= 0.3 is 11.7 Å². The predicted molar refractivity (Wildman–Crippen MR) is 58.8 cm³/mol. The van der Waals surface area contributed by atoms with Gasteiger partial charge in [-0.25, -0.2) is 9.97 Å². The Balaban J connectivity index is 2.75. The maximum absolute atomic E-state index is 10.4. The summed E-state index contributed by atoms with van der Waals surface area (Å²) in [6.07, 6.45) is 2.17. The molecule has 0 bridgehead atoms. The molecular formula is C9H12N4O4. The van der Waals surface area contributed by atoms with Crippen LogP contribution in [0.4, 0.5) is 11.6 Å². The number of nitrogens with zero attached hydrogens (tertiary/aromatic N) is 4. The topological polar surface area (TPSA) is 109 Å². The first kappa shape index (κ1) is 12.8. The van der Waals surface area contributed by atoms with Crippen LogP contribution in [0.1, 0.15) is 13.3 Å². The molecule has 1 aromatic heterocycles. The van der Waals surface area contributed by atoms with Gasteiger partial charge in [0.2, 0.25) is 5.95 Å². The van der Waals surface area contributed by atoms with E-state index in [0.29, 0.717) is 12.5 Å². The Morgan fingerprint density at radius 1 is 1.53 bits per heavy atom. The van der Waals surface area contributed by atoms with Crippen molar-refractivity contribution in [1.82, 2.24) is 9.97 Å². The Labute approximate surface area is 97.1 Å². The van der Waals surface area contributed by atoms with Gasteiger partial charge in [0, 0.05) is 13.1 Å². The van der Waals surface area contributed by atoms with E-state index in [9.17, 15) is 14.9 Å². The van der Waals surface area contributed by atoms with Gasteiger partial charge in [-0.15, -0.1) is 0 Å². The lowest BCUT2D eigenvalue weighted by molar-refractivity contribution is -0.385. The van der Waals surface area contributed by atoms with Gasteiger partial charge in [0.1, 0.15) is 12.4 Å². The molecule has 0 aromatic carbocycles. The van der Waals surface area contributed by atoms with Crippen LogP contribution in [-0.2, 0) is 4.79 Å². The number of nitro groups is 1. The van der Waals surface area contributed by atoms with Crippen LogP contribution in [-0.4, -0.2) is 39.1 Å². The third-order valence-corrected chi connectivity index (χ3v) is 2.10. The normalized spacial score (nSPS) is 9.94. The summed E-state index contributed by atoms with van der Waals surface area (Å²) in [5.74, 6) is -0.621. The summed E-state index contributed by atoms with van der Waals surface area (Å²) >= 11 is 0. The van der Waals surface area contributed by atoms with Gasteiger partial charge in [0.05, 0.1) is 11.3 Å². The Kier molecular flexibility index (Phi) is 4.32. The number of hydrogen-bond donors (Lipinski definition) is 1. The molecule has 0 fully saturated rings. The largest absolute Gasteiger partial charge is 0.481 e. The zero-order valence-electron chi connectivity index (χ0n) is 9.24. The van der Waals surface area contributed by atoms with Crippen molar-refractivity contribution in [2.24, 2.45) is 0 Å². The zero-order valence-corrected chi connectivity index (χ0v) is 9.24. The van der Waals surface area contributed by atoms with Crippen LogP contribution < -0.4 is 4.90 Å². The molecule has 0 atom stereocenters. The van der Waals surface area contributed by atoms with Crippen molar-refractivity contribution in [3.8, 4) is 0 Å². The molecule has 1 rings (SSSR count). The summed E-state index contributed by atoms with van der Waals surface area (Å²) in [6.45, 7) is 2.63. The van der Waals surface area contributed by atoms with Gasteiger partial charge in [-0.2, -0.15) is 0 Å². The van der Waals surface area contributed by atoms with Crippen LogP contribution in [0, 0.1) is 10.1 Å². The minimum absolute atomic E-state index is 0.0335. The maximum Gasteiger partial charge on any atom is 0.305 e. The lowest BCUT2D eigenvalue weighted by Crippen LogP contribution is -2.27. The number of anilines is 1. The van der Waals surface area contributed by atoms with Crippen molar-refractivity contribution < 1.29 is 14.8 Å². The third-order valence-electron chi connectivity index (χ3n) is 2.10. The van der Waals surface area contributed by atoms with Crippen LogP contribution in [0.3, 0.4) is 0 Å². The van der Waals surface area contributed by atoms with Crippen LogP contribution in [0.2, 0.25) is 0 Å². The Bertz CT molecular complexity index is 406. The fourth-order valence-electron chi connectivity index (χ4n) is 1.20. The minimum Gasteiger partial charge on any atom is -0.481 e. The van der Waals surface area contributed by atoms with Gasteiger partial charge in [-0.3, -0.25) is 14.9 Å². The lowest BCUT2D eigenvalue weighted by Gasteiger charge is -2.18. The van der Waals surface area contributed by atoms with E-state index in [-0.39, 0.29) is 18.7 Å². The Morgan fingerprint density at radius 2 is 2.12 bits per heavy atom. The molecule has 0 aliphatic heterocycles. The van der Waals surface area contributed by atoms with E-state index in [1.54, 1.807) is 4.90 Å². The standard InChI is InChI=1S/C9H12N4O4/c1-2-12(4-3-8(14)15)9-10-5-7(6-11-9)13(16)17/h5-6H,2-4H2,1H3,(H,14,15). The minimum atomic E-state index is -0.912. The van der Waals surface area contributed by atoms with Crippen molar-refractivity contribution >= 4 is 17.6 Å². The van der Waals surface area contributed by atoms with E-state index in [1.807, 2.05) is 6.92 Å². The number of carboxylic acids is 1.